The van der Waals surface area contributed by atoms with Crippen molar-refractivity contribution in [1.82, 2.24) is 9.97 Å². The largest absolute Gasteiger partial charge is 0.228 e. The third kappa shape index (κ3) is 5.50. The van der Waals surface area contributed by atoms with E-state index < -0.39 is 5.41 Å². The quantitative estimate of drug-likeness (QED) is 0.165. The van der Waals surface area contributed by atoms with E-state index in [9.17, 15) is 0 Å². The van der Waals surface area contributed by atoms with Crippen LogP contribution in [0.25, 0.3) is 67.3 Å². The summed E-state index contributed by atoms with van der Waals surface area (Å²) in [5.74, 6) is 0.696. The molecule has 0 fully saturated rings. The van der Waals surface area contributed by atoms with Gasteiger partial charge in [0.25, 0.3) is 0 Å². The number of hydrogen-bond acceptors (Lipinski definition) is 2. The molecule has 0 aliphatic heterocycles. The van der Waals surface area contributed by atoms with Gasteiger partial charge in [0.1, 0.15) is 0 Å². The predicted molar refractivity (Wildman–Crippen MR) is 227 cm³/mol. The van der Waals surface area contributed by atoms with Crippen molar-refractivity contribution in [1.29, 1.82) is 0 Å². The molecule has 0 atom stereocenters. The second-order valence-electron chi connectivity index (χ2n) is 14.1. The van der Waals surface area contributed by atoms with E-state index >= 15 is 0 Å². The van der Waals surface area contributed by atoms with Gasteiger partial charge in [-0.05, 0) is 67.8 Å². The van der Waals surface area contributed by atoms with Crippen molar-refractivity contribution in [3.63, 3.8) is 0 Å². The standard InChI is InChI=1S/C53H36N2/c1-5-19-37(20-6-1)50-36-51(38-21-7-2-8-22-38)55-52(54-50)47-31-16-15-29-44(47)43-28-14-13-27-42(43)39-33-34-46-45-30-17-18-32-48(45)53(49(46)35-39,40-23-9-3-10-24-40)41-25-11-4-12-26-41/h1-36H. The lowest BCUT2D eigenvalue weighted by molar-refractivity contribution is 0.769. The Kier molecular flexibility index (Phi) is 8.08. The van der Waals surface area contributed by atoms with Crippen molar-refractivity contribution in [2.45, 2.75) is 5.41 Å². The van der Waals surface area contributed by atoms with Crippen LogP contribution < -0.4 is 0 Å². The van der Waals surface area contributed by atoms with Crippen LogP contribution in [0.3, 0.4) is 0 Å². The van der Waals surface area contributed by atoms with Gasteiger partial charge in [-0.2, -0.15) is 0 Å². The van der Waals surface area contributed by atoms with Gasteiger partial charge in [-0.3, -0.25) is 0 Å². The highest BCUT2D eigenvalue weighted by molar-refractivity contribution is 5.94. The first-order valence-electron chi connectivity index (χ1n) is 18.8. The van der Waals surface area contributed by atoms with Crippen LogP contribution in [0, 0.1) is 0 Å². The lowest BCUT2D eigenvalue weighted by Crippen LogP contribution is -2.28. The molecule has 0 bridgehead atoms. The minimum atomic E-state index is -0.475. The molecular formula is C53H36N2. The SMILES string of the molecule is c1ccc(-c2cc(-c3ccccc3)nc(-c3ccccc3-c3ccccc3-c3ccc4c(c3)C(c3ccccc3)(c3ccccc3)c3ccccc3-4)n2)cc1. The monoisotopic (exact) mass is 700 g/mol. The highest BCUT2D eigenvalue weighted by Crippen LogP contribution is 2.57. The highest BCUT2D eigenvalue weighted by Gasteiger charge is 2.46. The first kappa shape index (κ1) is 32.5. The van der Waals surface area contributed by atoms with Crippen molar-refractivity contribution in [3.05, 3.63) is 241 Å². The van der Waals surface area contributed by atoms with Crippen molar-refractivity contribution < 1.29 is 0 Å². The molecule has 1 aliphatic carbocycles. The molecule has 0 amide bonds. The minimum absolute atomic E-state index is 0.475. The molecule has 0 spiro atoms. The number of hydrogen-bond donors (Lipinski definition) is 0. The van der Waals surface area contributed by atoms with E-state index in [-0.39, 0.29) is 0 Å². The fraction of sp³-hybridized carbons (Fsp3) is 0.0189. The molecular weight excluding hydrogens is 665 g/mol. The van der Waals surface area contributed by atoms with Crippen molar-refractivity contribution in [2.24, 2.45) is 0 Å². The van der Waals surface area contributed by atoms with Gasteiger partial charge < -0.3 is 0 Å². The molecule has 1 aromatic heterocycles. The van der Waals surface area contributed by atoms with Gasteiger partial charge in [-0.25, -0.2) is 9.97 Å². The summed E-state index contributed by atoms with van der Waals surface area (Å²) in [4.78, 5) is 10.5. The van der Waals surface area contributed by atoms with Gasteiger partial charge in [0.2, 0.25) is 0 Å². The third-order valence-electron chi connectivity index (χ3n) is 11.0. The van der Waals surface area contributed by atoms with Gasteiger partial charge in [-0.15, -0.1) is 0 Å². The molecule has 2 nitrogen and oxygen atoms in total. The molecule has 10 rings (SSSR count). The Balaban J connectivity index is 1.18. The highest BCUT2D eigenvalue weighted by atomic mass is 14.9. The smallest absolute Gasteiger partial charge is 0.161 e. The van der Waals surface area contributed by atoms with E-state index in [1.807, 2.05) is 12.1 Å². The lowest BCUT2D eigenvalue weighted by atomic mass is 9.67. The minimum Gasteiger partial charge on any atom is -0.228 e. The number of benzene rings is 8. The number of fused-ring (bicyclic) bond motifs is 3. The Bertz CT molecular complexity index is 2700. The fourth-order valence-corrected chi connectivity index (χ4v) is 8.58. The molecule has 2 heteroatoms. The number of nitrogens with zero attached hydrogens (tertiary/aromatic N) is 2. The summed E-state index contributed by atoms with van der Waals surface area (Å²) in [6.07, 6.45) is 0. The zero-order valence-electron chi connectivity index (χ0n) is 30.2. The second-order valence-corrected chi connectivity index (χ2v) is 14.1. The molecule has 0 N–H and O–H groups in total. The molecule has 8 aromatic carbocycles. The summed E-state index contributed by atoms with van der Waals surface area (Å²) < 4.78 is 0. The molecule has 0 radical (unpaired) electrons. The maximum Gasteiger partial charge on any atom is 0.161 e. The van der Waals surface area contributed by atoms with Crippen LogP contribution in [-0.4, -0.2) is 9.97 Å². The Labute approximate surface area is 322 Å². The fourth-order valence-electron chi connectivity index (χ4n) is 8.58. The van der Waals surface area contributed by atoms with Crippen LogP contribution in [0.1, 0.15) is 22.3 Å². The van der Waals surface area contributed by atoms with Crippen LogP contribution in [0.15, 0.2) is 218 Å². The molecule has 258 valence electrons. The van der Waals surface area contributed by atoms with Gasteiger partial charge >= 0.3 is 0 Å². The summed E-state index contributed by atoms with van der Waals surface area (Å²) in [7, 11) is 0. The molecule has 1 heterocycles. The van der Waals surface area contributed by atoms with Crippen LogP contribution in [-0.2, 0) is 5.41 Å². The maximum atomic E-state index is 5.23. The molecule has 55 heavy (non-hydrogen) atoms. The summed E-state index contributed by atoms with van der Waals surface area (Å²) in [6.45, 7) is 0. The van der Waals surface area contributed by atoms with Crippen molar-refractivity contribution in [2.75, 3.05) is 0 Å². The van der Waals surface area contributed by atoms with E-state index in [4.69, 9.17) is 9.97 Å². The van der Waals surface area contributed by atoms with E-state index in [1.165, 1.54) is 33.4 Å². The van der Waals surface area contributed by atoms with Gasteiger partial charge in [-0.1, -0.05) is 206 Å². The number of rotatable bonds is 7. The maximum absolute atomic E-state index is 5.23. The molecule has 0 saturated carbocycles. The average molecular weight is 701 g/mol. The lowest BCUT2D eigenvalue weighted by Gasteiger charge is -2.34. The van der Waals surface area contributed by atoms with Crippen molar-refractivity contribution >= 4 is 0 Å². The number of aromatic nitrogens is 2. The van der Waals surface area contributed by atoms with E-state index in [2.05, 4.69) is 206 Å². The molecule has 9 aromatic rings. The zero-order valence-corrected chi connectivity index (χ0v) is 30.2. The summed E-state index contributed by atoms with van der Waals surface area (Å²) in [5.41, 5.74) is 16.6. The normalized spacial score (nSPS) is 12.5. The van der Waals surface area contributed by atoms with E-state index in [0.717, 1.165) is 50.3 Å². The first-order chi connectivity index (χ1) is 27.3. The Morgan fingerprint density at radius 2 is 0.691 bits per heavy atom. The van der Waals surface area contributed by atoms with E-state index in [0.29, 0.717) is 5.82 Å². The summed E-state index contributed by atoms with van der Waals surface area (Å²) in [5, 5.41) is 0. The first-order valence-corrected chi connectivity index (χ1v) is 18.8. The van der Waals surface area contributed by atoms with Gasteiger partial charge in [0.05, 0.1) is 16.8 Å². The Hall–Kier alpha value is -7.16. The average Bonchev–Trinajstić information content (AvgIpc) is 3.58. The molecule has 0 saturated heterocycles. The molecule has 0 unspecified atom stereocenters. The Morgan fingerprint density at radius 1 is 0.273 bits per heavy atom. The van der Waals surface area contributed by atoms with Crippen molar-refractivity contribution in [3.8, 4) is 67.3 Å². The zero-order chi connectivity index (χ0) is 36.6. The van der Waals surface area contributed by atoms with Gasteiger partial charge in [0, 0.05) is 16.7 Å². The van der Waals surface area contributed by atoms with Crippen LogP contribution in [0.4, 0.5) is 0 Å². The van der Waals surface area contributed by atoms with Gasteiger partial charge in [0.15, 0.2) is 5.82 Å². The Morgan fingerprint density at radius 3 is 1.25 bits per heavy atom. The topological polar surface area (TPSA) is 25.8 Å². The summed E-state index contributed by atoms with van der Waals surface area (Å²) in [6, 6.07) is 78.1. The molecule has 1 aliphatic rings. The second kappa shape index (κ2) is 13.7. The summed E-state index contributed by atoms with van der Waals surface area (Å²) >= 11 is 0. The predicted octanol–water partition coefficient (Wildman–Crippen LogP) is 13.2. The van der Waals surface area contributed by atoms with Crippen LogP contribution >= 0.6 is 0 Å². The van der Waals surface area contributed by atoms with Crippen LogP contribution in [0.5, 0.6) is 0 Å². The third-order valence-corrected chi connectivity index (χ3v) is 11.0. The van der Waals surface area contributed by atoms with E-state index in [1.54, 1.807) is 0 Å². The van der Waals surface area contributed by atoms with Crippen LogP contribution in [0.2, 0.25) is 0 Å².